The molecule has 1 N–H and O–H groups in total. The summed E-state index contributed by atoms with van der Waals surface area (Å²) in [7, 11) is 9.78. The summed E-state index contributed by atoms with van der Waals surface area (Å²) in [5, 5.41) is 13.2. The predicted octanol–water partition coefficient (Wildman–Crippen LogP) is 6.33. The van der Waals surface area contributed by atoms with E-state index in [0.29, 0.717) is 5.75 Å². The van der Waals surface area contributed by atoms with Gasteiger partial charge in [0.05, 0.1) is 12.7 Å². The molecule has 0 heterocycles. The highest BCUT2D eigenvalue weighted by atomic mass is 16.5. The van der Waals surface area contributed by atoms with Crippen LogP contribution < -0.4 is 14.5 Å². The Morgan fingerprint density at radius 2 is 1.25 bits per heavy atom. The molecule has 0 atom stereocenters. The first-order valence-electron chi connectivity index (χ1n) is 10.7. The van der Waals surface area contributed by atoms with Crippen LogP contribution in [0.1, 0.15) is 5.56 Å². The van der Waals surface area contributed by atoms with Gasteiger partial charge in [-0.05, 0) is 58.8 Å². The second kappa shape index (κ2) is 8.46. The van der Waals surface area contributed by atoms with E-state index in [0.717, 1.165) is 50.0 Å². The van der Waals surface area contributed by atoms with Crippen LogP contribution in [0, 0.1) is 6.92 Å². The lowest BCUT2D eigenvalue weighted by Gasteiger charge is -2.20. The van der Waals surface area contributed by atoms with Crippen LogP contribution in [0.4, 0.5) is 11.4 Å². The van der Waals surface area contributed by atoms with Crippen LogP contribution in [0.5, 0.6) is 11.5 Å². The van der Waals surface area contributed by atoms with Crippen molar-refractivity contribution in [2.45, 2.75) is 6.92 Å². The van der Waals surface area contributed by atoms with Gasteiger partial charge in [0.2, 0.25) is 0 Å². The SMILES string of the molecule is COc1c(-c2ccc(N(C)C)cc2)c(O)c(C)c2cccc(-c3ccc(N(C)C)cc3)c12. The fourth-order valence-electron chi connectivity index (χ4n) is 4.23. The Labute approximate surface area is 190 Å². The molecule has 4 aromatic rings. The Balaban J connectivity index is 2.00. The molecule has 0 fully saturated rings. The van der Waals surface area contributed by atoms with E-state index in [1.807, 2.05) is 59.4 Å². The van der Waals surface area contributed by atoms with Crippen molar-refractivity contribution in [3.8, 4) is 33.8 Å². The normalized spacial score (nSPS) is 10.9. The molecule has 0 radical (unpaired) electrons. The zero-order valence-corrected chi connectivity index (χ0v) is 19.6. The average Bonchev–Trinajstić information content (AvgIpc) is 2.81. The third-order valence-corrected chi connectivity index (χ3v) is 6.09. The second-order valence-electron chi connectivity index (χ2n) is 8.49. The number of benzene rings is 4. The summed E-state index contributed by atoms with van der Waals surface area (Å²) in [5.41, 5.74) is 6.94. The molecular formula is C28H30N2O2. The van der Waals surface area contributed by atoms with Crippen LogP contribution in [0.15, 0.2) is 66.7 Å². The van der Waals surface area contributed by atoms with Gasteiger partial charge in [-0.25, -0.2) is 0 Å². The van der Waals surface area contributed by atoms with Crippen molar-refractivity contribution in [2.24, 2.45) is 0 Å². The number of ether oxygens (including phenoxy) is 1. The quantitative estimate of drug-likeness (QED) is 0.405. The lowest BCUT2D eigenvalue weighted by atomic mass is 9.90. The van der Waals surface area contributed by atoms with Gasteiger partial charge in [0, 0.05) is 45.0 Å². The number of hydrogen-bond donors (Lipinski definition) is 1. The summed E-state index contributed by atoms with van der Waals surface area (Å²) in [6, 6.07) is 22.9. The number of fused-ring (bicyclic) bond motifs is 1. The molecule has 0 bridgehead atoms. The second-order valence-corrected chi connectivity index (χ2v) is 8.49. The maximum Gasteiger partial charge on any atom is 0.138 e. The summed E-state index contributed by atoms with van der Waals surface area (Å²) in [6.45, 7) is 1.97. The molecule has 4 rings (SSSR count). The molecule has 4 aromatic carbocycles. The van der Waals surface area contributed by atoms with Gasteiger partial charge in [-0.2, -0.15) is 0 Å². The minimum atomic E-state index is 0.257. The van der Waals surface area contributed by atoms with E-state index in [9.17, 15) is 5.11 Å². The van der Waals surface area contributed by atoms with Gasteiger partial charge in [0.1, 0.15) is 11.5 Å². The number of anilines is 2. The standard InChI is InChI=1S/C28H30N2O2/c1-18-23-8-7-9-24(19-10-14-21(15-11-19)29(2)3)26(23)28(32-6)25(27(18)31)20-12-16-22(17-13-20)30(4)5/h7-17,31H,1-6H3. The maximum atomic E-state index is 11.2. The number of phenolic OH excluding ortho intramolecular Hbond substituents is 1. The first-order valence-corrected chi connectivity index (χ1v) is 10.7. The van der Waals surface area contributed by atoms with Gasteiger partial charge < -0.3 is 19.6 Å². The molecule has 4 heteroatoms. The van der Waals surface area contributed by atoms with E-state index in [1.54, 1.807) is 7.11 Å². The molecule has 0 saturated heterocycles. The number of nitrogens with zero attached hydrogens (tertiary/aromatic N) is 2. The highest BCUT2D eigenvalue weighted by Gasteiger charge is 2.22. The summed E-state index contributed by atoms with van der Waals surface area (Å²) < 4.78 is 5.97. The number of aromatic hydroxyl groups is 1. The molecule has 0 aliphatic rings. The van der Waals surface area contributed by atoms with Crippen molar-refractivity contribution in [3.05, 3.63) is 72.3 Å². The van der Waals surface area contributed by atoms with Crippen molar-refractivity contribution in [2.75, 3.05) is 45.1 Å². The van der Waals surface area contributed by atoms with E-state index in [1.165, 1.54) is 0 Å². The average molecular weight is 427 g/mol. The highest BCUT2D eigenvalue weighted by Crippen LogP contribution is 2.49. The predicted molar refractivity (Wildman–Crippen MR) is 136 cm³/mol. The molecule has 0 aromatic heterocycles. The summed E-state index contributed by atoms with van der Waals surface area (Å²) in [4.78, 5) is 4.15. The minimum Gasteiger partial charge on any atom is -0.507 e. The smallest absolute Gasteiger partial charge is 0.138 e. The van der Waals surface area contributed by atoms with Crippen molar-refractivity contribution in [1.82, 2.24) is 0 Å². The molecular weight excluding hydrogens is 396 g/mol. The van der Waals surface area contributed by atoms with E-state index in [-0.39, 0.29) is 5.75 Å². The van der Waals surface area contributed by atoms with Gasteiger partial charge in [-0.3, -0.25) is 0 Å². The number of aryl methyl sites for hydroxylation is 1. The van der Waals surface area contributed by atoms with Gasteiger partial charge in [-0.15, -0.1) is 0 Å². The first-order chi connectivity index (χ1) is 15.3. The monoisotopic (exact) mass is 426 g/mol. The topological polar surface area (TPSA) is 35.9 Å². The third kappa shape index (κ3) is 3.62. The largest absolute Gasteiger partial charge is 0.507 e. The van der Waals surface area contributed by atoms with Crippen LogP contribution in [-0.4, -0.2) is 40.4 Å². The van der Waals surface area contributed by atoms with Gasteiger partial charge in [0.25, 0.3) is 0 Å². The van der Waals surface area contributed by atoms with Crippen LogP contribution in [-0.2, 0) is 0 Å². The van der Waals surface area contributed by atoms with Crippen molar-refractivity contribution >= 4 is 22.1 Å². The van der Waals surface area contributed by atoms with Crippen LogP contribution >= 0.6 is 0 Å². The van der Waals surface area contributed by atoms with E-state index < -0.39 is 0 Å². The molecule has 0 aliphatic carbocycles. The Bertz CT molecular complexity index is 1260. The van der Waals surface area contributed by atoms with E-state index in [4.69, 9.17) is 4.74 Å². The Morgan fingerprint density at radius 1 is 0.719 bits per heavy atom. The lowest BCUT2D eigenvalue weighted by Crippen LogP contribution is -2.08. The number of rotatable bonds is 5. The molecule has 164 valence electrons. The number of methoxy groups -OCH3 is 1. The van der Waals surface area contributed by atoms with Crippen molar-refractivity contribution in [3.63, 3.8) is 0 Å². The van der Waals surface area contributed by atoms with Crippen molar-refractivity contribution < 1.29 is 9.84 Å². The summed E-state index contributed by atoms with van der Waals surface area (Å²) >= 11 is 0. The molecule has 0 amide bonds. The fraction of sp³-hybridized carbons (Fsp3) is 0.214. The van der Waals surface area contributed by atoms with Crippen molar-refractivity contribution in [1.29, 1.82) is 0 Å². The fourth-order valence-corrected chi connectivity index (χ4v) is 4.23. The number of phenols is 1. The summed E-state index contributed by atoms with van der Waals surface area (Å²) in [6.07, 6.45) is 0. The minimum absolute atomic E-state index is 0.257. The molecule has 32 heavy (non-hydrogen) atoms. The zero-order chi connectivity index (χ0) is 23.0. The van der Waals surface area contributed by atoms with E-state index >= 15 is 0 Å². The first kappa shape index (κ1) is 21.6. The van der Waals surface area contributed by atoms with Crippen LogP contribution in [0.2, 0.25) is 0 Å². The molecule has 0 spiro atoms. The maximum absolute atomic E-state index is 11.2. The lowest BCUT2D eigenvalue weighted by molar-refractivity contribution is 0.415. The van der Waals surface area contributed by atoms with Crippen LogP contribution in [0.25, 0.3) is 33.0 Å². The third-order valence-electron chi connectivity index (χ3n) is 6.09. The number of hydrogen-bond acceptors (Lipinski definition) is 4. The molecule has 0 unspecified atom stereocenters. The molecule has 0 aliphatic heterocycles. The van der Waals surface area contributed by atoms with Gasteiger partial charge in [0.15, 0.2) is 0 Å². The van der Waals surface area contributed by atoms with E-state index in [2.05, 4.69) is 52.3 Å². The van der Waals surface area contributed by atoms with Gasteiger partial charge in [-0.1, -0.05) is 42.5 Å². The zero-order valence-electron chi connectivity index (χ0n) is 19.6. The molecule has 4 nitrogen and oxygen atoms in total. The van der Waals surface area contributed by atoms with Crippen LogP contribution in [0.3, 0.4) is 0 Å². The summed E-state index contributed by atoms with van der Waals surface area (Å²) in [5.74, 6) is 0.944. The Kier molecular flexibility index (Phi) is 5.70. The Hall–Kier alpha value is -3.66. The molecule has 0 saturated carbocycles. The Morgan fingerprint density at radius 3 is 1.75 bits per heavy atom. The van der Waals surface area contributed by atoms with Gasteiger partial charge >= 0.3 is 0 Å². The highest BCUT2D eigenvalue weighted by molar-refractivity contribution is 6.08.